The lowest BCUT2D eigenvalue weighted by molar-refractivity contribution is -0.139. The van der Waals surface area contributed by atoms with E-state index < -0.39 is 17.5 Å². The number of halogens is 2. The van der Waals surface area contributed by atoms with Gasteiger partial charge >= 0.3 is 6.03 Å². The first-order chi connectivity index (χ1) is 16.1. The van der Waals surface area contributed by atoms with Crippen LogP contribution < -0.4 is 4.90 Å². The quantitative estimate of drug-likeness (QED) is 0.461. The minimum absolute atomic E-state index is 0.0489. The second kappa shape index (κ2) is 9.22. The maximum Gasteiger partial charge on any atom is 0.332 e. The van der Waals surface area contributed by atoms with Gasteiger partial charge < -0.3 is 14.7 Å². The van der Waals surface area contributed by atoms with Gasteiger partial charge in [-0.3, -0.25) is 9.59 Å². The van der Waals surface area contributed by atoms with Gasteiger partial charge in [0.1, 0.15) is 15.8 Å². The summed E-state index contributed by atoms with van der Waals surface area (Å²) in [7, 11) is 3.59. The molecule has 0 radical (unpaired) electrons. The first-order valence-corrected chi connectivity index (χ1v) is 11.3. The second-order valence-electron chi connectivity index (χ2n) is 8.62. The van der Waals surface area contributed by atoms with E-state index in [2.05, 4.69) is 11.1 Å². The SMILES string of the molecule is CN(C)CC(=O)N1CCN2C(=O)N(c3cc(Cl)nc(Cl)c3)C(=O)C2(Cc2ccc(C#N)cc2)C1. The maximum absolute atomic E-state index is 14.0. The monoisotopic (exact) mass is 500 g/mol. The lowest BCUT2D eigenvalue weighted by Gasteiger charge is -2.44. The van der Waals surface area contributed by atoms with E-state index in [0.717, 1.165) is 10.5 Å². The van der Waals surface area contributed by atoms with Crippen LogP contribution in [0.1, 0.15) is 11.1 Å². The Kier molecular flexibility index (Phi) is 6.49. The Morgan fingerprint density at radius 3 is 2.38 bits per heavy atom. The Hall–Kier alpha value is -3.19. The first kappa shape index (κ1) is 24.0. The number of amides is 4. The van der Waals surface area contributed by atoms with Gasteiger partial charge in [-0.15, -0.1) is 0 Å². The van der Waals surface area contributed by atoms with Crippen molar-refractivity contribution >= 4 is 46.7 Å². The molecule has 2 fully saturated rings. The molecule has 2 aliphatic heterocycles. The number of urea groups is 1. The van der Waals surface area contributed by atoms with Crippen LogP contribution in [0.25, 0.3) is 0 Å². The van der Waals surface area contributed by atoms with Crippen LogP contribution in [0, 0.1) is 11.3 Å². The van der Waals surface area contributed by atoms with Crippen molar-refractivity contribution in [3.63, 3.8) is 0 Å². The Labute approximate surface area is 207 Å². The van der Waals surface area contributed by atoms with E-state index in [1.165, 1.54) is 17.0 Å². The van der Waals surface area contributed by atoms with Crippen molar-refractivity contribution in [2.45, 2.75) is 12.0 Å². The summed E-state index contributed by atoms with van der Waals surface area (Å²) in [5, 5.41) is 9.22. The topological polar surface area (TPSA) is 101 Å². The lowest BCUT2D eigenvalue weighted by atomic mass is 9.86. The van der Waals surface area contributed by atoms with E-state index in [-0.39, 0.29) is 48.0 Å². The number of pyridine rings is 1. The van der Waals surface area contributed by atoms with Crippen molar-refractivity contribution in [1.29, 1.82) is 5.26 Å². The van der Waals surface area contributed by atoms with Gasteiger partial charge in [0.15, 0.2) is 0 Å². The third-order valence-corrected chi connectivity index (χ3v) is 6.36. The smallest absolute Gasteiger partial charge is 0.332 e. The average molecular weight is 501 g/mol. The van der Waals surface area contributed by atoms with Crippen molar-refractivity contribution < 1.29 is 14.4 Å². The second-order valence-corrected chi connectivity index (χ2v) is 9.39. The molecule has 1 aromatic carbocycles. The van der Waals surface area contributed by atoms with E-state index >= 15 is 0 Å². The molecular weight excluding hydrogens is 479 g/mol. The number of rotatable bonds is 5. The molecule has 4 amide bonds. The molecule has 0 bridgehead atoms. The maximum atomic E-state index is 14.0. The van der Waals surface area contributed by atoms with E-state index in [9.17, 15) is 14.4 Å². The molecule has 0 aliphatic carbocycles. The molecule has 1 atom stereocenters. The first-order valence-electron chi connectivity index (χ1n) is 10.6. The van der Waals surface area contributed by atoms with Crippen LogP contribution in [0.2, 0.25) is 10.3 Å². The molecule has 4 rings (SSSR count). The van der Waals surface area contributed by atoms with Crippen molar-refractivity contribution in [2.24, 2.45) is 0 Å². The van der Waals surface area contributed by atoms with Gasteiger partial charge in [-0.25, -0.2) is 14.7 Å². The minimum atomic E-state index is -1.31. The number of piperazine rings is 1. The molecule has 0 spiro atoms. The van der Waals surface area contributed by atoms with Crippen molar-refractivity contribution in [3.8, 4) is 6.07 Å². The Morgan fingerprint density at radius 1 is 1.15 bits per heavy atom. The molecule has 34 heavy (non-hydrogen) atoms. The molecule has 2 saturated heterocycles. The minimum Gasteiger partial charge on any atom is -0.337 e. The Morgan fingerprint density at radius 2 is 1.79 bits per heavy atom. The molecule has 11 heteroatoms. The summed E-state index contributed by atoms with van der Waals surface area (Å²) in [5.41, 5.74) is 0.161. The number of hydrogen-bond acceptors (Lipinski definition) is 6. The number of imide groups is 1. The van der Waals surface area contributed by atoms with E-state index in [1.807, 2.05) is 0 Å². The Bertz CT molecular complexity index is 1180. The fourth-order valence-electron chi connectivity index (χ4n) is 4.45. The van der Waals surface area contributed by atoms with Crippen LogP contribution in [0.5, 0.6) is 0 Å². The van der Waals surface area contributed by atoms with Gasteiger partial charge in [-0.1, -0.05) is 35.3 Å². The number of carbonyl (C=O) groups excluding carboxylic acids is 3. The third-order valence-electron chi connectivity index (χ3n) is 5.98. The predicted molar refractivity (Wildman–Crippen MR) is 127 cm³/mol. The molecule has 2 aromatic rings. The number of fused-ring (bicyclic) bond motifs is 1. The molecule has 3 heterocycles. The average Bonchev–Trinajstić information content (AvgIpc) is 2.99. The zero-order valence-electron chi connectivity index (χ0n) is 18.7. The van der Waals surface area contributed by atoms with Crippen LogP contribution in [-0.4, -0.2) is 83.3 Å². The van der Waals surface area contributed by atoms with Crippen LogP contribution in [0.4, 0.5) is 10.5 Å². The van der Waals surface area contributed by atoms with Gasteiger partial charge in [0.2, 0.25) is 5.91 Å². The summed E-state index contributed by atoms with van der Waals surface area (Å²) in [4.78, 5) is 50.2. The van der Waals surface area contributed by atoms with Crippen LogP contribution in [0.3, 0.4) is 0 Å². The number of likely N-dealkylation sites (N-methyl/N-ethyl adjacent to an activating group) is 1. The number of hydrogen-bond donors (Lipinski definition) is 0. The number of anilines is 1. The van der Waals surface area contributed by atoms with Gasteiger partial charge in [-0.05, 0) is 43.9 Å². The highest BCUT2D eigenvalue weighted by molar-refractivity contribution is 6.33. The van der Waals surface area contributed by atoms with Gasteiger partial charge in [0.05, 0.1) is 30.4 Å². The van der Waals surface area contributed by atoms with Crippen molar-refractivity contribution in [3.05, 3.63) is 57.8 Å². The molecule has 1 unspecified atom stereocenters. The molecule has 1 aromatic heterocycles. The fourth-order valence-corrected chi connectivity index (χ4v) is 4.90. The number of benzene rings is 1. The standard InChI is InChI=1S/C23H22Cl2N6O3/c1-28(2)13-20(32)29-7-8-30-22(34)31(17-9-18(24)27-19(25)10-17)21(33)23(30,14-29)11-15-3-5-16(12-26)6-4-15/h3-6,9-10H,7-8,11,13-14H2,1-2H3. The third kappa shape index (κ3) is 4.32. The van der Waals surface area contributed by atoms with E-state index in [4.69, 9.17) is 28.5 Å². The summed E-state index contributed by atoms with van der Waals surface area (Å²) in [6.07, 6.45) is 0.179. The normalized spacial score (nSPS) is 20.1. The number of carbonyl (C=O) groups is 3. The highest BCUT2D eigenvalue weighted by atomic mass is 35.5. The number of nitriles is 1. The molecule has 2 aliphatic rings. The van der Waals surface area contributed by atoms with Crippen molar-refractivity contribution in [1.82, 2.24) is 19.7 Å². The molecular formula is C23H22Cl2N6O3. The van der Waals surface area contributed by atoms with Crippen LogP contribution in [0.15, 0.2) is 36.4 Å². The summed E-state index contributed by atoms with van der Waals surface area (Å²) in [6, 6.07) is 11.2. The zero-order chi connectivity index (χ0) is 24.6. The zero-order valence-corrected chi connectivity index (χ0v) is 20.2. The van der Waals surface area contributed by atoms with E-state index in [0.29, 0.717) is 12.1 Å². The molecule has 0 N–H and O–H groups in total. The van der Waals surface area contributed by atoms with Gasteiger partial charge in [0, 0.05) is 19.5 Å². The lowest BCUT2D eigenvalue weighted by Crippen LogP contribution is -2.65. The Balaban J connectivity index is 1.76. The van der Waals surface area contributed by atoms with Gasteiger partial charge in [0.25, 0.3) is 5.91 Å². The summed E-state index contributed by atoms with van der Waals surface area (Å²) in [5.74, 6) is -0.597. The summed E-state index contributed by atoms with van der Waals surface area (Å²) in [6.45, 7) is 0.747. The molecule has 176 valence electrons. The fraction of sp³-hybridized carbons (Fsp3) is 0.348. The highest BCUT2D eigenvalue weighted by Gasteiger charge is 2.60. The van der Waals surface area contributed by atoms with Crippen LogP contribution >= 0.6 is 23.2 Å². The largest absolute Gasteiger partial charge is 0.337 e. The summed E-state index contributed by atoms with van der Waals surface area (Å²) >= 11 is 12.1. The number of nitrogens with zero attached hydrogens (tertiary/aromatic N) is 6. The van der Waals surface area contributed by atoms with Crippen molar-refractivity contribution in [2.75, 3.05) is 45.2 Å². The van der Waals surface area contributed by atoms with E-state index in [1.54, 1.807) is 48.2 Å². The predicted octanol–water partition coefficient (Wildman–Crippen LogP) is 2.41. The van der Waals surface area contributed by atoms with Gasteiger partial charge in [-0.2, -0.15) is 5.26 Å². The summed E-state index contributed by atoms with van der Waals surface area (Å²) < 4.78 is 0. The molecule has 0 saturated carbocycles. The molecule has 9 nitrogen and oxygen atoms in total. The number of aromatic nitrogens is 1. The van der Waals surface area contributed by atoms with Crippen LogP contribution in [-0.2, 0) is 16.0 Å². The highest BCUT2D eigenvalue weighted by Crippen LogP contribution is 2.38.